The Balaban J connectivity index is 1.96. The first-order valence-corrected chi connectivity index (χ1v) is 7.00. The number of carbonyl (C=O) groups is 1. The molecular formula is C14H22N2O3. The summed E-state index contributed by atoms with van der Waals surface area (Å²) in [5.74, 6) is 0.654. The minimum Gasteiger partial charge on any atom is -0.493 e. The van der Waals surface area contributed by atoms with Crippen molar-refractivity contribution in [2.75, 3.05) is 13.7 Å². The van der Waals surface area contributed by atoms with Gasteiger partial charge in [-0.25, -0.2) is 0 Å². The maximum absolute atomic E-state index is 12.3. The molecule has 1 fully saturated rings. The molecule has 1 aromatic rings. The Morgan fingerprint density at radius 1 is 1.58 bits per heavy atom. The molecule has 1 saturated heterocycles. The molecule has 2 rings (SSSR count). The van der Waals surface area contributed by atoms with E-state index in [0.29, 0.717) is 24.4 Å². The van der Waals surface area contributed by atoms with Gasteiger partial charge in [-0.2, -0.15) is 5.10 Å². The molecule has 0 aliphatic carbocycles. The Labute approximate surface area is 113 Å². The highest BCUT2D eigenvalue weighted by Crippen LogP contribution is 2.22. The Morgan fingerprint density at radius 2 is 2.42 bits per heavy atom. The average molecular weight is 266 g/mol. The van der Waals surface area contributed by atoms with E-state index in [0.717, 1.165) is 25.9 Å². The number of rotatable bonds is 6. The minimum atomic E-state index is 0.0883. The lowest BCUT2D eigenvalue weighted by Gasteiger charge is -2.22. The van der Waals surface area contributed by atoms with Gasteiger partial charge in [0, 0.05) is 19.6 Å². The Hall–Kier alpha value is -1.36. The van der Waals surface area contributed by atoms with Gasteiger partial charge in [0.15, 0.2) is 11.5 Å². The number of ketones is 1. The van der Waals surface area contributed by atoms with Crippen molar-refractivity contribution >= 4 is 5.78 Å². The molecule has 0 N–H and O–H groups in total. The minimum absolute atomic E-state index is 0.0883. The highest BCUT2D eigenvalue weighted by Gasteiger charge is 2.21. The molecule has 0 radical (unpaired) electrons. The first-order valence-electron chi connectivity index (χ1n) is 7.00. The maximum Gasteiger partial charge on any atom is 0.184 e. The summed E-state index contributed by atoms with van der Waals surface area (Å²) >= 11 is 0. The highest BCUT2D eigenvalue weighted by molar-refractivity contribution is 5.97. The van der Waals surface area contributed by atoms with Crippen LogP contribution in [-0.2, 0) is 11.3 Å². The zero-order valence-corrected chi connectivity index (χ0v) is 11.7. The van der Waals surface area contributed by atoms with E-state index in [1.807, 2.05) is 6.92 Å². The van der Waals surface area contributed by atoms with Gasteiger partial charge >= 0.3 is 0 Å². The molecule has 1 aliphatic rings. The largest absolute Gasteiger partial charge is 0.493 e. The fourth-order valence-corrected chi connectivity index (χ4v) is 2.48. The SMILES string of the molecule is CCn1ncc(OC)c1C(=O)CCC1CCCCO1. The molecule has 0 amide bonds. The lowest BCUT2D eigenvalue weighted by atomic mass is 10.0. The van der Waals surface area contributed by atoms with Crippen LogP contribution in [0.25, 0.3) is 0 Å². The van der Waals surface area contributed by atoms with Crippen LogP contribution in [0.2, 0.25) is 0 Å². The van der Waals surface area contributed by atoms with Crippen molar-refractivity contribution in [3.8, 4) is 5.75 Å². The molecule has 2 heterocycles. The third kappa shape index (κ3) is 3.35. The summed E-state index contributed by atoms with van der Waals surface area (Å²) < 4.78 is 12.6. The van der Waals surface area contributed by atoms with Gasteiger partial charge in [-0.15, -0.1) is 0 Å². The van der Waals surface area contributed by atoms with Gasteiger partial charge < -0.3 is 9.47 Å². The van der Waals surface area contributed by atoms with E-state index in [9.17, 15) is 4.79 Å². The van der Waals surface area contributed by atoms with Gasteiger partial charge in [-0.3, -0.25) is 9.48 Å². The van der Waals surface area contributed by atoms with E-state index in [4.69, 9.17) is 9.47 Å². The molecule has 0 bridgehead atoms. The van der Waals surface area contributed by atoms with E-state index >= 15 is 0 Å². The lowest BCUT2D eigenvalue weighted by Crippen LogP contribution is -2.20. The summed E-state index contributed by atoms with van der Waals surface area (Å²) in [6.45, 7) is 3.47. The molecule has 0 aromatic carbocycles. The van der Waals surface area contributed by atoms with Crippen LogP contribution < -0.4 is 4.74 Å². The van der Waals surface area contributed by atoms with Crippen LogP contribution in [0.3, 0.4) is 0 Å². The molecule has 1 aromatic heterocycles. The van der Waals surface area contributed by atoms with E-state index in [1.165, 1.54) is 6.42 Å². The fraction of sp³-hybridized carbons (Fsp3) is 0.714. The third-order valence-electron chi connectivity index (χ3n) is 3.56. The predicted octanol–water partition coefficient (Wildman–Crippen LogP) is 2.44. The van der Waals surface area contributed by atoms with Crippen molar-refractivity contribution in [3.05, 3.63) is 11.9 Å². The van der Waals surface area contributed by atoms with Crippen LogP contribution in [0.1, 0.15) is 49.5 Å². The maximum atomic E-state index is 12.3. The van der Waals surface area contributed by atoms with Crippen molar-refractivity contribution in [2.24, 2.45) is 0 Å². The number of Topliss-reactive ketones (excluding diaryl/α,β-unsaturated/α-hetero) is 1. The zero-order chi connectivity index (χ0) is 13.7. The van der Waals surface area contributed by atoms with Crippen molar-refractivity contribution in [2.45, 2.75) is 51.7 Å². The van der Waals surface area contributed by atoms with Crippen molar-refractivity contribution in [1.29, 1.82) is 0 Å². The average Bonchev–Trinajstić information content (AvgIpc) is 2.89. The number of methoxy groups -OCH3 is 1. The van der Waals surface area contributed by atoms with Crippen LogP contribution in [0.15, 0.2) is 6.20 Å². The summed E-state index contributed by atoms with van der Waals surface area (Å²) in [7, 11) is 1.57. The summed E-state index contributed by atoms with van der Waals surface area (Å²) in [5.41, 5.74) is 0.584. The number of ether oxygens (including phenoxy) is 2. The second-order valence-electron chi connectivity index (χ2n) is 4.83. The van der Waals surface area contributed by atoms with Crippen molar-refractivity contribution in [3.63, 3.8) is 0 Å². The monoisotopic (exact) mass is 266 g/mol. The van der Waals surface area contributed by atoms with Crippen molar-refractivity contribution in [1.82, 2.24) is 9.78 Å². The van der Waals surface area contributed by atoms with Crippen LogP contribution in [0, 0.1) is 0 Å². The number of hydrogen-bond donors (Lipinski definition) is 0. The topological polar surface area (TPSA) is 53.4 Å². The molecule has 5 heteroatoms. The van der Waals surface area contributed by atoms with Crippen LogP contribution in [0.4, 0.5) is 0 Å². The second-order valence-corrected chi connectivity index (χ2v) is 4.83. The van der Waals surface area contributed by atoms with Crippen LogP contribution >= 0.6 is 0 Å². The van der Waals surface area contributed by atoms with Gasteiger partial charge in [0.1, 0.15) is 5.69 Å². The Kier molecular flexibility index (Phi) is 4.96. The molecule has 1 unspecified atom stereocenters. The van der Waals surface area contributed by atoms with Gasteiger partial charge in [-0.05, 0) is 32.6 Å². The van der Waals surface area contributed by atoms with Gasteiger partial charge in [0.25, 0.3) is 0 Å². The lowest BCUT2D eigenvalue weighted by molar-refractivity contribution is 0.0104. The molecule has 0 spiro atoms. The highest BCUT2D eigenvalue weighted by atomic mass is 16.5. The van der Waals surface area contributed by atoms with Gasteiger partial charge in [-0.1, -0.05) is 0 Å². The number of hydrogen-bond acceptors (Lipinski definition) is 4. The smallest absolute Gasteiger partial charge is 0.184 e. The van der Waals surface area contributed by atoms with Gasteiger partial charge in [0.05, 0.1) is 19.4 Å². The zero-order valence-electron chi connectivity index (χ0n) is 11.7. The van der Waals surface area contributed by atoms with Crippen LogP contribution in [-0.4, -0.2) is 35.4 Å². The number of nitrogens with zero attached hydrogens (tertiary/aromatic N) is 2. The molecule has 1 atom stereocenters. The summed E-state index contributed by atoms with van der Waals surface area (Å²) in [6, 6.07) is 0. The predicted molar refractivity (Wildman–Crippen MR) is 71.6 cm³/mol. The van der Waals surface area contributed by atoms with E-state index in [-0.39, 0.29) is 11.9 Å². The fourth-order valence-electron chi connectivity index (χ4n) is 2.48. The number of aryl methyl sites for hydroxylation is 1. The first-order chi connectivity index (χ1) is 9.26. The normalized spacial score (nSPS) is 19.4. The van der Waals surface area contributed by atoms with Crippen LogP contribution in [0.5, 0.6) is 5.75 Å². The molecular weight excluding hydrogens is 244 g/mol. The first kappa shape index (κ1) is 14.1. The third-order valence-corrected chi connectivity index (χ3v) is 3.56. The molecule has 19 heavy (non-hydrogen) atoms. The van der Waals surface area contributed by atoms with Gasteiger partial charge in [0.2, 0.25) is 0 Å². The second kappa shape index (κ2) is 6.70. The molecule has 5 nitrogen and oxygen atoms in total. The standard InChI is InChI=1S/C14H22N2O3/c1-3-16-14(13(18-2)10-15-16)12(17)8-7-11-6-4-5-9-19-11/h10-11H,3-9H2,1-2H3. The Bertz CT molecular complexity index is 401. The van der Waals surface area contributed by atoms with E-state index in [1.54, 1.807) is 18.0 Å². The number of carbonyl (C=O) groups excluding carboxylic acids is 1. The summed E-state index contributed by atoms with van der Waals surface area (Å²) in [4.78, 5) is 12.3. The Morgan fingerprint density at radius 3 is 3.05 bits per heavy atom. The molecule has 106 valence electrons. The van der Waals surface area contributed by atoms with Crippen molar-refractivity contribution < 1.29 is 14.3 Å². The number of aromatic nitrogens is 2. The summed E-state index contributed by atoms with van der Waals surface area (Å²) in [5, 5.41) is 4.16. The molecule has 0 saturated carbocycles. The summed E-state index contributed by atoms with van der Waals surface area (Å²) in [6.07, 6.45) is 6.53. The quantitative estimate of drug-likeness (QED) is 0.742. The molecule has 1 aliphatic heterocycles. The van der Waals surface area contributed by atoms with E-state index in [2.05, 4.69) is 5.10 Å². The van der Waals surface area contributed by atoms with E-state index < -0.39 is 0 Å².